The number of aromatic nitrogens is 3. The zero-order valence-corrected chi connectivity index (χ0v) is 16.9. The monoisotopic (exact) mass is 398 g/mol. The summed E-state index contributed by atoms with van der Waals surface area (Å²) in [5, 5.41) is 5.58. The molecule has 2 aromatic heterocycles. The van der Waals surface area contributed by atoms with Gasteiger partial charge in [-0.2, -0.15) is 5.10 Å². The third kappa shape index (κ3) is 3.41. The summed E-state index contributed by atoms with van der Waals surface area (Å²) in [5.41, 5.74) is 1.92. The summed E-state index contributed by atoms with van der Waals surface area (Å²) >= 11 is 0. The molecule has 0 aliphatic carbocycles. The molecule has 0 spiro atoms. The van der Waals surface area contributed by atoms with Crippen LogP contribution in [0, 0.1) is 12.7 Å². The van der Waals surface area contributed by atoms with Crippen molar-refractivity contribution in [1.82, 2.24) is 19.2 Å². The number of rotatable bonds is 4. The van der Waals surface area contributed by atoms with Gasteiger partial charge in [-0.15, -0.1) is 0 Å². The first kappa shape index (κ1) is 18.6. The number of likely N-dealkylation sites (tertiary alicyclic amines) is 1. The maximum Gasteiger partial charge on any atom is 0.345 e. The van der Waals surface area contributed by atoms with E-state index in [2.05, 4.69) is 10.00 Å². The fourth-order valence-corrected chi connectivity index (χ4v) is 5.00. The molecule has 7 heteroatoms. The lowest BCUT2D eigenvalue weighted by atomic mass is 9.87. The SMILES string of the molecule is Cc1oc2cc(F)ccc2c1C1CCN(CCn2nc3n(c2=O)CCCC3)CC1. The summed E-state index contributed by atoms with van der Waals surface area (Å²) in [4.78, 5) is 14.9. The Morgan fingerprint density at radius 3 is 2.79 bits per heavy atom. The summed E-state index contributed by atoms with van der Waals surface area (Å²) in [7, 11) is 0. The van der Waals surface area contributed by atoms with Gasteiger partial charge in [-0.25, -0.2) is 13.9 Å². The van der Waals surface area contributed by atoms with Crippen LogP contribution in [0.25, 0.3) is 11.0 Å². The molecule has 154 valence electrons. The largest absolute Gasteiger partial charge is 0.461 e. The van der Waals surface area contributed by atoms with Crippen molar-refractivity contribution in [2.75, 3.05) is 19.6 Å². The van der Waals surface area contributed by atoms with Crippen LogP contribution >= 0.6 is 0 Å². The average Bonchev–Trinajstić information content (AvgIpc) is 3.22. The second kappa shape index (κ2) is 7.44. The maximum absolute atomic E-state index is 13.5. The Balaban J connectivity index is 1.23. The van der Waals surface area contributed by atoms with E-state index >= 15 is 0 Å². The molecule has 1 saturated heterocycles. The molecule has 1 fully saturated rings. The lowest BCUT2D eigenvalue weighted by molar-refractivity contribution is 0.201. The highest BCUT2D eigenvalue weighted by Crippen LogP contribution is 2.37. The van der Waals surface area contributed by atoms with Gasteiger partial charge in [0.05, 0.1) is 6.54 Å². The van der Waals surface area contributed by atoms with E-state index in [1.165, 1.54) is 17.7 Å². The molecule has 6 nitrogen and oxygen atoms in total. The van der Waals surface area contributed by atoms with Crippen LogP contribution < -0.4 is 5.69 Å². The number of fused-ring (bicyclic) bond motifs is 2. The highest BCUT2D eigenvalue weighted by atomic mass is 19.1. The van der Waals surface area contributed by atoms with Crippen molar-refractivity contribution in [2.24, 2.45) is 0 Å². The van der Waals surface area contributed by atoms with Gasteiger partial charge in [0.2, 0.25) is 0 Å². The van der Waals surface area contributed by atoms with Gasteiger partial charge in [0.1, 0.15) is 23.0 Å². The van der Waals surface area contributed by atoms with Crippen LogP contribution in [0.1, 0.15) is 48.7 Å². The summed E-state index contributed by atoms with van der Waals surface area (Å²) in [5.74, 6) is 2.02. The summed E-state index contributed by atoms with van der Waals surface area (Å²) < 4.78 is 22.8. The average molecular weight is 398 g/mol. The Hall–Kier alpha value is -2.41. The Morgan fingerprint density at radius 1 is 1.17 bits per heavy atom. The molecule has 0 saturated carbocycles. The quantitative estimate of drug-likeness (QED) is 0.675. The van der Waals surface area contributed by atoms with Crippen molar-refractivity contribution >= 4 is 11.0 Å². The number of piperidine rings is 1. The van der Waals surface area contributed by atoms with E-state index < -0.39 is 0 Å². The van der Waals surface area contributed by atoms with Crippen LogP contribution in [0.2, 0.25) is 0 Å². The smallest absolute Gasteiger partial charge is 0.345 e. The molecule has 2 aliphatic heterocycles. The predicted molar refractivity (Wildman–Crippen MR) is 109 cm³/mol. The number of hydrogen-bond donors (Lipinski definition) is 0. The van der Waals surface area contributed by atoms with Crippen molar-refractivity contribution in [3.05, 3.63) is 51.6 Å². The molecule has 2 aliphatic rings. The molecule has 5 rings (SSSR count). The van der Waals surface area contributed by atoms with Gasteiger partial charge in [0, 0.05) is 36.5 Å². The molecule has 0 atom stereocenters. The second-order valence-corrected chi connectivity index (χ2v) is 8.36. The first-order valence-electron chi connectivity index (χ1n) is 10.7. The fraction of sp³-hybridized carbons (Fsp3) is 0.545. The molecule has 0 N–H and O–H groups in total. The molecular weight excluding hydrogens is 371 g/mol. The van der Waals surface area contributed by atoms with E-state index in [1.807, 2.05) is 17.6 Å². The zero-order valence-electron chi connectivity index (χ0n) is 16.9. The highest BCUT2D eigenvalue weighted by Gasteiger charge is 2.26. The minimum Gasteiger partial charge on any atom is -0.461 e. The number of aryl methyl sites for hydroxylation is 2. The molecule has 1 aromatic carbocycles. The van der Waals surface area contributed by atoms with E-state index in [1.54, 1.807) is 4.68 Å². The summed E-state index contributed by atoms with van der Waals surface area (Å²) in [6, 6.07) is 4.83. The maximum atomic E-state index is 13.5. The topological polar surface area (TPSA) is 56.2 Å². The Bertz CT molecular complexity index is 1090. The highest BCUT2D eigenvalue weighted by molar-refractivity contribution is 5.83. The van der Waals surface area contributed by atoms with Gasteiger partial charge in [-0.05, 0) is 63.7 Å². The number of hydrogen-bond acceptors (Lipinski definition) is 4. The Labute approximate surface area is 168 Å². The van der Waals surface area contributed by atoms with E-state index in [9.17, 15) is 9.18 Å². The molecule has 29 heavy (non-hydrogen) atoms. The van der Waals surface area contributed by atoms with Crippen molar-refractivity contribution in [3.8, 4) is 0 Å². The van der Waals surface area contributed by atoms with E-state index in [0.29, 0.717) is 18.0 Å². The number of benzene rings is 1. The summed E-state index contributed by atoms with van der Waals surface area (Å²) in [6.07, 6.45) is 5.19. The first-order chi connectivity index (χ1) is 14.1. The van der Waals surface area contributed by atoms with Crippen LogP contribution in [0.15, 0.2) is 27.4 Å². The van der Waals surface area contributed by atoms with E-state index in [-0.39, 0.29) is 11.5 Å². The third-order valence-corrected chi connectivity index (χ3v) is 6.53. The van der Waals surface area contributed by atoms with E-state index in [0.717, 1.165) is 75.3 Å². The molecular formula is C22H27FN4O2. The fourth-order valence-electron chi connectivity index (χ4n) is 5.00. The second-order valence-electron chi connectivity index (χ2n) is 8.36. The summed E-state index contributed by atoms with van der Waals surface area (Å²) in [6.45, 7) is 6.25. The molecule has 0 amide bonds. The van der Waals surface area contributed by atoms with Crippen LogP contribution in [-0.2, 0) is 19.5 Å². The normalized spacial score (nSPS) is 18.4. The van der Waals surface area contributed by atoms with Crippen LogP contribution in [0.5, 0.6) is 0 Å². The number of nitrogens with zero attached hydrogens (tertiary/aromatic N) is 4. The van der Waals surface area contributed by atoms with Crippen molar-refractivity contribution in [3.63, 3.8) is 0 Å². The van der Waals surface area contributed by atoms with Gasteiger partial charge in [-0.1, -0.05) is 0 Å². The van der Waals surface area contributed by atoms with Crippen molar-refractivity contribution in [1.29, 1.82) is 0 Å². The molecule has 0 unspecified atom stereocenters. The van der Waals surface area contributed by atoms with Crippen LogP contribution in [0.3, 0.4) is 0 Å². The lowest BCUT2D eigenvalue weighted by Crippen LogP contribution is -2.37. The van der Waals surface area contributed by atoms with Gasteiger partial charge in [0.25, 0.3) is 0 Å². The third-order valence-electron chi connectivity index (χ3n) is 6.53. The van der Waals surface area contributed by atoms with Gasteiger partial charge < -0.3 is 9.32 Å². The van der Waals surface area contributed by atoms with Crippen molar-refractivity contribution in [2.45, 2.75) is 58.0 Å². The first-order valence-corrected chi connectivity index (χ1v) is 10.7. The Kier molecular flexibility index (Phi) is 4.78. The molecule has 0 radical (unpaired) electrons. The van der Waals surface area contributed by atoms with Gasteiger partial charge in [0.15, 0.2) is 0 Å². The van der Waals surface area contributed by atoms with Crippen molar-refractivity contribution < 1.29 is 8.81 Å². The molecule has 0 bridgehead atoms. The number of halogens is 1. The molecule has 4 heterocycles. The van der Waals surface area contributed by atoms with Crippen LogP contribution in [-0.4, -0.2) is 38.9 Å². The molecule has 3 aromatic rings. The van der Waals surface area contributed by atoms with Gasteiger partial charge in [-0.3, -0.25) is 4.57 Å². The minimum atomic E-state index is -0.260. The minimum absolute atomic E-state index is 0.0438. The Morgan fingerprint density at radius 2 is 2.00 bits per heavy atom. The standard InChI is InChI=1S/C22H27FN4O2/c1-15-21(18-6-5-17(23)14-19(18)29-15)16-7-10-25(11-8-16)12-13-27-22(28)26-9-3-2-4-20(26)24-27/h5-6,14,16H,2-4,7-13H2,1H3. The lowest BCUT2D eigenvalue weighted by Gasteiger charge is -2.31. The number of furan rings is 1. The van der Waals surface area contributed by atoms with E-state index in [4.69, 9.17) is 4.42 Å². The predicted octanol–water partition coefficient (Wildman–Crippen LogP) is 3.45. The zero-order chi connectivity index (χ0) is 20.0. The van der Waals surface area contributed by atoms with Gasteiger partial charge >= 0.3 is 5.69 Å². The van der Waals surface area contributed by atoms with Crippen LogP contribution in [0.4, 0.5) is 4.39 Å².